The van der Waals surface area contributed by atoms with E-state index in [4.69, 9.17) is 0 Å². The molecule has 1 aliphatic heterocycles. The predicted molar refractivity (Wildman–Crippen MR) is 101 cm³/mol. The van der Waals surface area contributed by atoms with Crippen molar-refractivity contribution in [3.63, 3.8) is 0 Å². The van der Waals surface area contributed by atoms with Crippen LogP contribution in [0, 0.1) is 0 Å². The Morgan fingerprint density at radius 3 is 2.67 bits per heavy atom. The molecule has 1 amide bonds. The number of rotatable bonds is 5. The number of benzene rings is 1. The van der Waals surface area contributed by atoms with Crippen LogP contribution in [0.4, 0.5) is 0 Å². The summed E-state index contributed by atoms with van der Waals surface area (Å²) in [5.41, 5.74) is 1.46. The molecule has 0 saturated carbocycles. The van der Waals surface area contributed by atoms with E-state index in [1.54, 1.807) is 4.57 Å². The van der Waals surface area contributed by atoms with E-state index in [9.17, 15) is 9.59 Å². The van der Waals surface area contributed by atoms with Crippen molar-refractivity contribution in [3.8, 4) is 0 Å². The summed E-state index contributed by atoms with van der Waals surface area (Å²) < 4.78 is 5.32. The first kappa shape index (κ1) is 17.5. The number of imidazole rings is 1. The number of amides is 1. The van der Waals surface area contributed by atoms with E-state index < -0.39 is 0 Å². The average molecular weight is 368 g/mol. The zero-order chi connectivity index (χ0) is 18.8. The van der Waals surface area contributed by atoms with Gasteiger partial charge in [-0.1, -0.05) is 18.6 Å². The molecule has 3 heterocycles. The quantitative estimate of drug-likeness (QED) is 0.739. The standard InChI is InChI=1S/C19H24N6O2/c1-2-23-14-8-5-6-9-15(14)25(19(23)27)13-18(26)20-12-17-22-21-16-10-4-3-7-11-24(16)17/h5-6,8-9H,2-4,7,10-13H2,1H3,(H,20,26). The minimum atomic E-state index is -0.206. The van der Waals surface area contributed by atoms with E-state index in [0.29, 0.717) is 13.1 Å². The van der Waals surface area contributed by atoms with Gasteiger partial charge in [0.1, 0.15) is 12.4 Å². The molecule has 4 rings (SSSR count). The van der Waals surface area contributed by atoms with Crippen LogP contribution in [-0.4, -0.2) is 29.8 Å². The highest BCUT2D eigenvalue weighted by Crippen LogP contribution is 2.15. The van der Waals surface area contributed by atoms with Gasteiger partial charge in [0, 0.05) is 19.5 Å². The summed E-state index contributed by atoms with van der Waals surface area (Å²) >= 11 is 0. The maximum atomic E-state index is 12.6. The SMILES string of the molecule is CCn1c(=O)n(CC(=O)NCc2nnc3n2CCCCC3)c2ccccc21. The summed E-state index contributed by atoms with van der Waals surface area (Å²) in [6.45, 7) is 3.71. The molecule has 27 heavy (non-hydrogen) atoms. The van der Waals surface area contributed by atoms with Gasteiger partial charge in [-0.2, -0.15) is 0 Å². The third-order valence-corrected chi connectivity index (χ3v) is 5.17. The fourth-order valence-electron chi connectivity index (χ4n) is 3.78. The van der Waals surface area contributed by atoms with Crippen molar-refractivity contribution >= 4 is 16.9 Å². The molecule has 142 valence electrons. The Morgan fingerprint density at radius 2 is 1.89 bits per heavy atom. The molecule has 3 aromatic rings. The van der Waals surface area contributed by atoms with E-state index >= 15 is 0 Å². The largest absolute Gasteiger partial charge is 0.347 e. The number of nitrogens with zero attached hydrogens (tertiary/aromatic N) is 5. The zero-order valence-corrected chi connectivity index (χ0v) is 15.5. The van der Waals surface area contributed by atoms with Gasteiger partial charge in [-0.3, -0.25) is 13.9 Å². The van der Waals surface area contributed by atoms with E-state index in [1.165, 1.54) is 11.0 Å². The number of hydrogen-bond acceptors (Lipinski definition) is 4. The van der Waals surface area contributed by atoms with Gasteiger partial charge >= 0.3 is 5.69 Å². The van der Waals surface area contributed by atoms with Crippen molar-refractivity contribution in [1.29, 1.82) is 0 Å². The molecule has 2 aromatic heterocycles. The lowest BCUT2D eigenvalue weighted by Crippen LogP contribution is -2.33. The third-order valence-electron chi connectivity index (χ3n) is 5.17. The molecular formula is C19H24N6O2. The van der Waals surface area contributed by atoms with Gasteiger partial charge in [0.25, 0.3) is 0 Å². The Hall–Kier alpha value is -2.90. The first-order valence-electron chi connectivity index (χ1n) is 9.54. The number of aryl methyl sites for hydroxylation is 2. The smallest absolute Gasteiger partial charge is 0.329 e. The topological polar surface area (TPSA) is 86.7 Å². The van der Waals surface area contributed by atoms with Crippen LogP contribution in [0.1, 0.15) is 37.8 Å². The maximum absolute atomic E-state index is 12.6. The second-order valence-corrected chi connectivity index (χ2v) is 6.87. The predicted octanol–water partition coefficient (Wildman–Crippen LogP) is 1.46. The fourth-order valence-corrected chi connectivity index (χ4v) is 3.78. The van der Waals surface area contributed by atoms with Crippen LogP contribution >= 0.6 is 0 Å². The molecule has 1 N–H and O–H groups in total. The molecule has 0 unspecified atom stereocenters. The minimum Gasteiger partial charge on any atom is -0.347 e. The highest BCUT2D eigenvalue weighted by Gasteiger charge is 2.17. The van der Waals surface area contributed by atoms with Crippen LogP contribution < -0.4 is 11.0 Å². The molecule has 0 atom stereocenters. The van der Waals surface area contributed by atoms with Gasteiger partial charge in [-0.15, -0.1) is 10.2 Å². The van der Waals surface area contributed by atoms with Gasteiger partial charge in [-0.25, -0.2) is 4.79 Å². The van der Waals surface area contributed by atoms with Crippen LogP contribution in [0.5, 0.6) is 0 Å². The lowest BCUT2D eigenvalue weighted by atomic mass is 10.2. The Labute approximate surface area is 156 Å². The number of carbonyl (C=O) groups is 1. The van der Waals surface area contributed by atoms with Crippen molar-refractivity contribution in [3.05, 3.63) is 46.4 Å². The Bertz CT molecular complexity index is 1030. The summed E-state index contributed by atoms with van der Waals surface area (Å²) in [7, 11) is 0. The van der Waals surface area contributed by atoms with Crippen molar-refractivity contribution in [2.75, 3.05) is 0 Å². The van der Waals surface area contributed by atoms with E-state index in [-0.39, 0.29) is 18.1 Å². The Kier molecular flexibility index (Phi) is 4.79. The van der Waals surface area contributed by atoms with Gasteiger partial charge < -0.3 is 9.88 Å². The number of fused-ring (bicyclic) bond motifs is 2. The van der Waals surface area contributed by atoms with Crippen LogP contribution in [0.15, 0.2) is 29.1 Å². The van der Waals surface area contributed by atoms with E-state index in [2.05, 4.69) is 20.1 Å². The Balaban J connectivity index is 1.50. The number of aromatic nitrogens is 5. The van der Waals surface area contributed by atoms with Crippen molar-refractivity contribution in [1.82, 2.24) is 29.2 Å². The molecular weight excluding hydrogens is 344 g/mol. The number of para-hydroxylation sites is 2. The number of carbonyl (C=O) groups excluding carboxylic acids is 1. The first-order chi connectivity index (χ1) is 13.2. The van der Waals surface area contributed by atoms with E-state index in [1.807, 2.05) is 31.2 Å². The summed E-state index contributed by atoms with van der Waals surface area (Å²) in [6.07, 6.45) is 4.37. The number of nitrogens with one attached hydrogen (secondary N) is 1. The monoisotopic (exact) mass is 368 g/mol. The molecule has 0 aliphatic carbocycles. The lowest BCUT2D eigenvalue weighted by molar-refractivity contribution is -0.121. The summed E-state index contributed by atoms with van der Waals surface area (Å²) in [4.78, 5) is 25.1. The van der Waals surface area contributed by atoms with Gasteiger partial charge in [0.05, 0.1) is 17.6 Å². The molecule has 0 radical (unpaired) electrons. The lowest BCUT2D eigenvalue weighted by Gasteiger charge is -2.08. The zero-order valence-electron chi connectivity index (χ0n) is 15.5. The minimum absolute atomic E-state index is 0.00661. The summed E-state index contributed by atoms with van der Waals surface area (Å²) in [5.74, 6) is 1.57. The van der Waals surface area contributed by atoms with E-state index in [0.717, 1.165) is 48.5 Å². The van der Waals surface area contributed by atoms with Gasteiger partial charge in [0.2, 0.25) is 5.91 Å². The molecule has 0 bridgehead atoms. The average Bonchev–Trinajstić information content (AvgIpc) is 3.07. The highest BCUT2D eigenvalue weighted by atomic mass is 16.2. The summed E-state index contributed by atoms with van der Waals surface area (Å²) in [6, 6.07) is 7.55. The second kappa shape index (κ2) is 7.38. The molecule has 8 heteroatoms. The number of hydrogen-bond donors (Lipinski definition) is 1. The Morgan fingerprint density at radius 1 is 1.11 bits per heavy atom. The third kappa shape index (κ3) is 3.27. The fraction of sp³-hybridized carbons (Fsp3) is 0.474. The highest BCUT2D eigenvalue weighted by molar-refractivity contribution is 5.80. The molecule has 8 nitrogen and oxygen atoms in total. The van der Waals surface area contributed by atoms with Gasteiger partial charge in [0.15, 0.2) is 5.82 Å². The molecule has 1 aromatic carbocycles. The normalized spacial score (nSPS) is 14.1. The first-order valence-corrected chi connectivity index (χ1v) is 9.54. The van der Waals surface area contributed by atoms with Crippen LogP contribution in [0.2, 0.25) is 0 Å². The summed E-state index contributed by atoms with van der Waals surface area (Å²) in [5, 5.41) is 11.4. The van der Waals surface area contributed by atoms with Crippen LogP contribution in [0.3, 0.4) is 0 Å². The maximum Gasteiger partial charge on any atom is 0.329 e. The second-order valence-electron chi connectivity index (χ2n) is 6.87. The molecule has 0 saturated heterocycles. The van der Waals surface area contributed by atoms with Crippen molar-refractivity contribution < 1.29 is 4.79 Å². The molecule has 1 aliphatic rings. The van der Waals surface area contributed by atoms with Crippen molar-refractivity contribution in [2.45, 2.75) is 58.8 Å². The molecule has 0 spiro atoms. The van der Waals surface area contributed by atoms with Gasteiger partial charge in [-0.05, 0) is 31.9 Å². The van der Waals surface area contributed by atoms with Crippen molar-refractivity contribution in [2.24, 2.45) is 0 Å². The molecule has 0 fully saturated rings. The van der Waals surface area contributed by atoms with Crippen LogP contribution in [0.25, 0.3) is 11.0 Å². The van der Waals surface area contributed by atoms with Crippen LogP contribution in [-0.2, 0) is 37.4 Å².